The Bertz CT molecular complexity index is 542. The largest absolute Gasteiger partial charge is 0.573 e. The number of nitrogens with zero attached hydrogens (tertiary/aromatic N) is 1. The molecule has 0 aliphatic heterocycles. The molecule has 1 unspecified atom stereocenters. The summed E-state index contributed by atoms with van der Waals surface area (Å²) in [5.74, 6) is 0.838. The predicted octanol–water partition coefficient (Wildman–Crippen LogP) is 3.48. The van der Waals surface area contributed by atoms with Gasteiger partial charge < -0.3 is 20.5 Å². The third kappa shape index (κ3) is 10.7. The van der Waals surface area contributed by atoms with E-state index in [1.165, 1.54) is 12.1 Å². The van der Waals surface area contributed by atoms with Crippen molar-refractivity contribution in [2.24, 2.45) is 10.9 Å². The van der Waals surface area contributed by atoms with E-state index in [-0.39, 0.29) is 12.4 Å². The summed E-state index contributed by atoms with van der Waals surface area (Å²) in [5.41, 5.74) is 0.900. The lowest BCUT2D eigenvalue weighted by molar-refractivity contribution is -0.274. The molecule has 8 heteroatoms. The number of hydrogen-bond acceptors (Lipinski definition) is 3. The zero-order chi connectivity index (χ0) is 20.1. The maximum absolute atomic E-state index is 12.2. The van der Waals surface area contributed by atoms with E-state index in [4.69, 9.17) is 5.11 Å². The van der Waals surface area contributed by atoms with Gasteiger partial charge in [-0.05, 0) is 49.8 Å². The molecule has 0 bridgehead atoms. The van der Waals surface area contributed by atoms with Gasteiger partial charge in [-0.1, -0.05) is 25.5 Å². The Labute approximate surface area is 159 Å². The highest BCUT2D eigenvalue weighted by molar-refractivity contribution is 5.79. The molecular formula is C19H30F3N3O2. The summed E-state index contributed by atoms with van der Waals surface area (Å²) in [7, 11) is 0. The number of nitrogens with one attached hydrogen (secondary N) is 2. The van der Waals surface area contributed by atoms with Gasteiger partial charge in [-0.15, -0.1) is 13.2 Å². The standard InChI is InChI=1S/C19H30F3N3O2/c1-3-5-16(11-13-26)14-25-18(23-4-2)24-12-10-15-6-8-17(9-7-15)27-19(20,21)22/h6-9,16,26H,3-5,10-14H2,1-2H3,(H2,23,24,25). The van der Waals surface area contributed by atoms with Gasteiger partial charge in [0.1, 0.15) is 5.75 Å². The Morgan fingerprint density at radius 3 is 2.41 bits per heavy atom. The number of aliphatic imine (C=N–C) groups is 1. The molecule has 154 valence electrons. The van der Waals surface area contributed by atoms with Crippen molar-refractivity contribution in [3.63, 3.8) is 0 Å². The van der Waals surface area contributed by atoms with Crippen molar-refractivity contribution in [3.05, 3.63) is 29.8 Å². The third-order valence-corrected chi connectivity index (χ3v) is 3.95. The van der Waals surface area contributed by atoms with Crippen molar-refractivity contribution in [2.75, 3.05) is 26.2 Å². The summed E-state index contributed by atoms with van der Waals surface area (Å²) in [6, 6.07) is 5.86. The van der Waals surface area contributed by atoms with Crippen molar-refractivity contribution in [3.8, 4) is 5.75 Å². The second-order valence-corrected chi connectivity index (χ2v) is 6.26. The number of benzene rings is 1. The third-order valence-electron chi connectivity index (χ3n) is 3.95. The molecule has 1 aromatic rings. The van der Waals surface area contributed by atoms with Crippen LogP contribution in [0.15, 0.2) is 29.3 Å². The van der Waals surface area contributed by atoms with Crippen LogP contribution in [0.3, 0.4) is 0 Å². The fourth-order valence-corrected chi connectivity index (χ4v) is 2.66. The Balaban J connectivity index is 2.50. The van der Waals surface area contributed by atoms with E-state index in [0.29, 0.717) is 31.4 Å². The van der Waals surface area contributed by atoms with Gasteiger partial charge in [0, 0.05) is 26.2 Å². The molecule has 0 saturated heterocycles. The number of ether oxygens (including phenoxy) is 1. The van der Waals surface area contributed by atoms with Gasteiger partial charge in [0.15, 0.2) is 5.96 Å². The van der Waals surface area contributed by atoms with Gasteiger partial charge in [-0.3, -0.25) is 4.99 Å². The molecule has 1 aromatic carbocycles. The number of hydrogen-bond donors (Lipinski definition) is 3. The number of aliphatic hydroxyl groups excluding tert-OH is 1. The number of guanidine groups is 1. The first-order chi connectivity index (χ1) is 12.9. The molecule has 1 atom stereocenters. The van der Waals surface area contributed by atoms with Crippen LogP contribution in [0.4, 0.5) is 13.2 Å². The molecule has 0 aromatic heterocycles. The number of alkyl halides is 3. The molecule has 0 radical (unpaired) electrons. The van der Waals surface area contributed by atoms with Crippen molar-refractivity contribution in [2.45, 2.75) is 45.9 Å². The van der Waals surface area contributed by atoms with Crippen LogP contribution in [0.25, 0.3) is 0 Å². The van der Waals surface area contributed by atoms with Gasteiger partial charge in [0.25, 0.3) is 0 Å². The molecular weight excluding hydrogens is 359 g/mol. The highest BCUT2D eigenvalue weighted by atomic mass is 19.4. The molecule has 1 rings (SSSR count). The summed E-state index contributed by atoms with van der Waals surface area (Å²) >= 11 is 0. The van der Waals surface area contributed by atoms with E-state index < -0.39 is 6.36 Å². The van der Waals surface area contributed by atoms with Crippen LogP contribution in [-0.4, -0.2) is 43.7 Å². The summed E-state index contributed by atoms with van der Waals surface area (Å²) in [5, 5.41) is 15.5. The van der Waals surface area contributed by atoms with E-state index in [0.717, 1.165) is 31.4 Å². The SMILES string of the molecule is CCCC(CCO)CN=C(NCC)NCCc1ccc(OC(F)(F)F)cc1. The first kappa shape index (κ1) is 23.1. The molecule has 3 N–H and O–H groups in total. The normalized spacial score (nSPS) is 13.3. The number of rotatable bonds is 11. The fourth-order valence-electron chi connectivity index (χ4n) is 2.66. The van der Waals surface area contributed by atoms with E-state index >= 15 is 0 Å². The second kappa shape index (κ2) is 12.4. The van der Waals surface area contributed by atoms with Crippen LogP contribution in [0.2, 0.25) is 0 Å². The monoisotopic (exact) mass is 389 g/mol. The first-order valence-electron chi connectivity index (χ1n) is 9.35. The van der Waals surface area contributed by atoms with Gasteiger partial charge >= 0.3 is 6.36 Å². The van der Waals surface area contributed by atoms with E-state index in [9.17, 15) is 13.2 Å². The molecule has 5 nitrogen and oxygen atoms in total. The Morgan fingerprint density at radius 1 is 1.15 bits per heavy atom. The molecule has 0 aliphatic carbocycles. The zero-order valence-corrected chi connectivity index (χ0v) is 16.0. The van der Waals surface area contributed by atoms with Crippen LogP contribution in [0.5, 0.6) is 5.75 Å². The van der Waals surface area contributed by atoms with Crippen molar-refractivity contribution < 1.29 is 23.0 Å². The molecule has 27 heavy (non-hydrogen) atoms. The quantitative estimate of drug-likeness (QED) is 0.400. The smallest absolute Gasteiger partial charge is 0.406 e. The Morgan fingerprint density at radius 2 is 1.85 bits per heavy atom. The van der Waals surface area contributed by atoms with E-state index in [1.807, 2.05) is 6.92 Å². The first-order valence-corrected chi connectivity index (χ1v) is 9.35. The van der Waals surface area contributed by atoms with Gasteiger partial charge in [0.05, 0.1) is 0 Å². The molecule has 0 spiro atoms. The average molecular weight is 389 g/mol. The molecule has 0 fully saturated rings. The van der Waals surface area contributed by atoms with Crippen LogP contribution in [0.1, 0.15) is 38.7 Å². The minimum absolute atomic E-state index is 0.165. The van der Waals surface area contributed by atoms with Crippen molar-refractivity contribution >= 4 is 5.96 Å². The zero-order valence-electron chi connectivity index (χ0n) is 16.0. The van der Waals surface area contributed by atoms with E-state index in [2.05, 4.69) is 27.3 Å². The van der Waals surface area contributed by atoms with Crippen molar-refractivity contribution in [1.82, 2.24) is 10.6 Å². The average Bonchev–Trinajstić information content (AvgIpc) is 2.60. The highest BCUT2D eigenvalue weighted by Gasteiger charge is 2.30. The summed E-state index contributed by atoms with van der Waals surface area (Å²) in [6.45, 7) is 6.24. The lowest BCUT2D eigenvalue weighted by atomic mass is 10.0. The highest BCUT2D eigenvalue weighted by Crippen LogP contribution is 2.22. The minimum Gasteiger partial charge on any atom is -0.406 e. The van der Waals surface area contributed by atoms with Gasteiger partial charge in [-0.2, -0.15) is 0 Å². The Kier molecular flexibility index (Phi) is 10.6. The van der Waals surface area contributed by atoms with Crippen LogP contribution >= 0.6 is 0 Å². The maximum atomic E-state index is 12.2. The summed E-state index contributed by atoms with van der Waals surface area (Å²) < 4.78 is 40.4. The topological polar surface area (TPSA) is 65.9 Å². The predicted molar refractivity (Wildman–Crippen MR) is 101 cm³/mol. The lowest BCUT2D eigenvalue weighted by Gasteiger charge is -2.15. The van der Waals surface area contributed by atoms with Crippen LogP contribution in [0, 0.1) is 5.92 Å². The lowest BCUT2D eigenvalue weighted by Crippen LogP contribution is -2.38. The molecule has 0 saturated carbocycles. The molecule has 0 amide bonds. The summed E-state index contributed by atoms with van der Waals surface area (Å²) in [4.78, 5) is 4.57. The fraction of sp³-hybridized carbons (Fsp3) is 0.632. The summed E-state index contributed by atoms with van der Waals surface area (Å²) in [6.07, 6.45) is -1.21. The maximum Gasteiger partial charge on any atom is 0.573 e. The second-order valence-electron chi connectivity index (χ2n) is 6.26. The minimum atomic E-state index is -4.67. The van der Waals surface area contributed by atoms with Crippen LogP contribution in [-0.2, 0) is 6.42 Å². The van der Waals surface area contributed by atoms with Gasteiger partial charge in [-0.25, -0.2) is 0 Å². The molecule has 0 heterocycles. The number of aliphatic hydroxyl groups is 1. The van der Waals surface area contributed by atoms with Crippen LogP contribution < -0.4 is 15.4 Å². The van der Waals surface area contributed by atoms with E-state index in [1.54, 1.807) is 12.1 Å². The Hall–Kier alpha value is -1.96. The number of halogens is 3. The van der Waals surface area contributed by atoms with Crippen molar-refractivity contribution in [1.29, 1.82) is 0 Å². The molecule has 0 aliphatic rings. The van der Waals surface area contributed by atoms with Gasteiger partial charge in [0.2, 0.25) is 0 Å².